The summed E-state index contributed by atoms with van der Waals surface area (Å²) in [6.45, 7) is 4.35. The summed E-state index contributed by atoms with van der Waals surface area (Å²) < 4.78 is 5.30. The van der Waals surface area contributed by atoms with Gasteiger partial charge >= 0.3 is 0 Å². The minimum absolute atomic E-state index is 0.225. The predicted molar refractivity (Wildman–Crippen MR) is 107 cm³/mol. The Labute approximate surface area is 165 Å². The van der Waals surface area contributed by atoms with Gasteiger partial charge in [-0.15, -0.1) is 0 Å². The van der Waals surface area contributed by atoms with Crippen LogP contribution in [0.25, 0.3) is 0 Å². The van der Waals surface area contributed by atoms with Crippen LogP contribution in [0.15, 0.2) is 48.5 Å². The van der Waals surface area contributed by atoms with E-state index in [1.54, 1.807) is 31.4 Å². The van der Waals surface area contributed by atoms with Gasteiger partial charge in [0.2, 0.25) is 5.91 Å². The van der Waals surface area contributed by atoms with E-state index in [-0.39, 0.29) is 17.7 Å². The largest absolute Gasteiger partial charge is 0.496 e. The second-order valence-electron chi connectivity index (χ2n) is 6.69. The second-order valence-corrected chi connectivity index (χ2v) is 7.13. The van der Waals surface area contributed by atoms with Crippen LogP contribution in [0.1, 0.15) is 36.2 Å². The number of hydrogen-bond acceptors (Lipinski definition) is 3. The number of halogens is 1. The van der Waals surface area contributed by atoms with E-state index in [1.807, 2.05) is 38.1 Å². The van der Waals surface area contributed by atoms with Gasteiger partial charge in [-0.3, -0.25) is 9.59 Å². The SMILES string of the molecule is COc1ccccc1CNC(=O)C(CC(C)C)NC(=O)c1ccc(Cl)cc1. The van der Waals surface area contributed by atoms with E-state index in [0.717, 1.165) is 5.56 Å². The van der Waals surface area contributed by atoms with Crippen molar-refractivity contribution in [2.75, 3.05) is 7.11 Å². The van der Waals surface area contributed by atoms with Crippen molar-refractivity contribution in [3.05, 3.63) is 64.7 Å². The van der Waals surface area contributed by atoms with E-state index < -0.39 is 6.04 Å². The predicted octanol–water partition coefficient (Wildman–Crippen LogP) is 3.81. The fraction of sp³-hybridized carbons (Fsp3) is 0.333. The molecule has 144 valence electrons. The van der Waals surface area contributed by atoms with Crippen LogP contribution in [0, 0.1) is 5.92 Å². The average Bonchev–Trinajstić information content (AvgIpc) is 2.65. The maximum Gasteiger partial charge on any atom is 0.251 e. The van der Waals surface area contributed by atoms with Crippen LogP contribution < -0.4 is 15.4 Å². The number of carbonyl (C=O) groups excluding carboxylic acids is 2. The topological polar surface area (TPSA) is 67.4 Å². The lowest BCUT2D eigenvalue weighted by Gasteiger charge is -2.20. The number of hydrogen-bond donors (Lipinski definition) is 2. The summed E-state index contributed by atoms with van der Waals surface area (Å²) in [7, 11) is 1.59. The van der Waals surface area contributed by atoms with Crippen molar-refractivity contribution >= 4 is 23.4 Å². The van der Waals surface area contributed by atoms with Crippen molar-refractivity contribution < 1.29 is 14.3 Å². The normalized spacial score (nSPS) is 11.7. The molecule has 2 amide bonds. The Balaban J connectivity index is 2.04. The van der Waals surface area contributed by atoms with Crippen LogP contribution in [0.2, 0.25) is 5.02 Å². The zero-order valence-electron chi connectivity index (χ0n) is 15.8. The van der Waals surface area contributed by atoms with E-state index in [1.165, 1.54) is 0 Å². The van der Waals surface area contributed by atoms with Gasteiger partial charge in [0.15, 0.2) is 0 Å². The third-order valence-electron chi connectivity index (χ3n) is 4.08. The molecule has 0 bridgehead atoms. The zero-order valence-corrected chi connectivity index (χ0v) is 16.5. The highest BCUT2D eigenvalue weighted by atomic mass is 35.5. The highest BCUT2D eigenvalue weighted by Crippen LogP contribution is 2.17. The summed E-state index contributed by atoms with van der Waals surface area (Å²) in [6.07, 6.45) is 0.539. The Hall–Kier alpha value is -2.53. The van der Waals surface area contributed by atoms with Gasteiger partial charge in [0.1, 0.15) is 11.8 Å². The molecule has 2 rings (SSSR count). The molecule has 0 heterocycles. The lowest BCUT2D eigenvalue weighted by molar-refractivity contribution is -0.123. The molecule has 0 aliphatic carbocycles. The summed E-state index contributed by atoms with van der Waals surface area (Å²) in [5.41, 5.74) is 1.34. The standard InChI is InChI=1S/C21H25ClN2O3/c1-14(2)12-18(24-20(25)15-8-10-17(22)11-9-15)21(26)23-13-16-6-4-5-7-19(16)27-3/h4-11,14,18H,12-13H2,1-3H3,(H,23,26)(H,24,25). The van der Waals surface area contributed by atoms with Gasteiger partial charge in [-0.2, -0.15) is 0 Å². The molecule has 0 aromatic heterocycles. The molecule has 6 heteroatoms. The average molecular weight is 389 g/mol. The van der Waals surface area contributed by atoms with Gasteiger partial charge in [0.05, 0.1) is 7.11 Å². The number of ether oxygens (including phenoxy) is 1. The fourth-order valence-electron chi connectivity index (χ4n) is 2.70. The van der Waals surface area contributed by atoms with E-state index in [9.17, 15) is 9.59 Å². The second kappa shape index (κ2) is 9.97. The molecule has 0 spiro atoms. The molecule has 2 N–H and O–H groups in total. The van der Waals surface area contributed by atoms with Crippen molar-refractivity contribution in [3.63, 3.8) is 0 Å². The quantitative estimate of drug-likeness (QED) is 0.722. The zero-order chi connectivity index (χ0) is 19.8. The van der Waals surface area contributed by atoms with E-state index >= 15 is 0 Å². The molecule has 0 saturated heterocycles. The summed E-state index contributed by atoms with van der Waals surface area (Å²) in [5, 5.41) is 6.27. The molecule has 1 unspecified atom stereocenters. The molecule has 2 aromatic carbocycles. The van der Waals surface area contributed by atoms with Gasteiger partial charge in [-0.25, -0.2) is 0 Å². The third-order valence-corrected chi connectivity index (χ3v) is 4.33. The van der Waals surface area contributed by atoms with Crippen molar-refractivity contribution in [2.45, 2.75) is 32.9 Å². The first kappa shape index (κ1) is 20.8. The first-order valence-corrected chi connectivity index (χ1v) is 9.24. The molecule has 0 aliphatic rings. The van der Waals surface area contributed by atoms with Gasteiger partial charge < -0.3 is 15.4 Å². The molecule has 27 heavy (non-hydrogen) atoms. The van der Waals surface area contributed by atoms with Gasteiger partial charge in [-0.05, 0) is 42.7 Å². The number of benzene rings is 2. The summed E-state index contributed by atoms with van der Waals surface area (Å²) in [5.74, 6) is 0.433. The van der Waals surface area contributed by atoms with Gasteiger partial charge in [-0.1, -0.05) is 43.6 Å². The number of methoxy groups -OCH3 is 1. The van der Waals surface area contributed by atoms with Crippen molar-refractivity contribution in [1.82, 2.24) is 10.6 Å². The fourth-order valence-corrected chi connectivity index (χ4v) is 2.83. The maximum absolute atomic E-state index is 12.7. The Morgan fingerprint density at radius 1 is 1.07 bits per heavy atom. The summed E-state index contributed by atoms with van der Waals surface area (Å²) >= 11 is 5.86. The van der Waals surface area contributed by atoms with Crippen LogP contribution >= 0.6 is 11.6 Å². The van der Waals surface area contributed by atoms with Gasteiger partial charge in [0, 0.05) is 22.7 Å². The third kappa shape index (κ3) is 6.29. The Kier molecular flexibility index (Phi) is 7.67. The Bertz CT molecular complexity index is 775. The van der Waals surface area contributed by atoms with Gasteiger partial charge in [0.25, 0.3) is 5.91 Å². The van der Waals surface area contributed by atoms with Crippen LogP contribution in [0.3, 0.4) is 0 Å². The van der Waals surface area contributed by atoms with E-state index in [4.69, 9.17) is 16.3 Å². The number of carbonyl (C=O) groups is 2. The molecular weight excluding hydrogens is 364 g/mol. The molecule has 0 radical (unpaired) electrons. The minimum atomic E-state index is -0.622. The van der Waals surface area contributed by atoms with E-state index in [0.29, 0.717) is 29.3 Å². The lowest BCUT2D eigenvalue weighted by atomic mass is 10.0. The first-order valence-electron chi connectivity index (χ1n) is 8.86. The van der Waals surface area contributed by atoms with Crippen molar-refractivity contribution in [3.8, 4) is 5.75 Å². The number of para-hydroxylation sites is 1. The molecule has 0 aliphatic heterocycles. The lowest BCUT2D eigenvalue weighted by Crippen LogP contribution is -2.47. The van der Waals surface area contributed by atoms with Crippen LogP contribution in [-0.2, 0) is 11.3 Å². The monoisotopic (exact) mass is 388 g/mol. The Morgan fingerprint density at radius 2 is 1.74 bits per heavy atom. The van der Waals surface area contributed by atoms with Crippen LogP contribution in [0.5, 0.6) is 5.75 Å². The number of amides is 2. The van der Waals surface area contributed by atoms with E-state index in [2.05, 4.69) is 10.6 Å². The maximum atomic E-state index is 12.7. The molecule has 0 saturated carbocycles. The highest BCUT2D eigenvalue weighted by molar-refractivity contribution is 6.30. The molecule has 0 fully saturated rings. The number of rotatable bonds is 8. The minimum Gasteiger partial charge on any atom is -0.496 e. The molecule has 2 aromatic rings. The number of nitrogens with one attached hydrogen (secondary N) is 2. The Morgan fingerprint density at radius 3 is 2.37 bits per heavy atom. The molecule has 1 atom stereocenters. The summed E-state index contributed by atoms with van der Waals surface area (Å²) in [4.78, 5) is 25.2. The molecule has 5 nitrogen and oxygen atoms in total. The van der Waals surface area contributed by atoms with Crippen LogP contribution in [-0.4, -0.2) is 25.0 Å². The van der Waals surface area contributed by atoms with Crippen LogP contribution in [0.4, 0.5) is 0 Å². The first-order chi connectivity index (χ1) is 12.9. The summed E-state index contributed by atoms with van der Waals surface area (Å²) in [6, 6.07) is 13.4. The van der Waals surface area contributed by atoms with Crippen molar-refractivity contribution in [1.29, 1.82) is 0 Å². The molecular formula is C21H25ClN2O3. The highest BCUT2D eigenvalue weighted by Gasteiger charge is 2.22. The van der Waals surface area contributed by atoms with Crippen molar-refractivity contribution in [2.24, 2.45) is 5.92 Å². The smallest absolute Gasteiger partial charge is 0.251 e.